The van der Waals surface area contributed by atoms with E-state index in [-0.39, 0.29) is 0 Å². The lowest BCUT2D eigenvalue weighted by Crippen LogP contribution is -2.28. The number of benzene rings is 1. The molecule has 0 bridgehead atoms. The summed E-state index contributed by atoms with van der Waals surface area (Å²) in [5, 5.41) is 1.38. The molecule has 1 fully saturated rings. The van der Waals surface area contributed by atoms with Gasteiger partial charge in [-0.25, -0.2) is 0 Å². The summed E-state index contributed by atoms with van der Waals surface area (Å²) < 4.78 is 7.97. The second kappa shape index (κ2) is 10.0. The minimum atomic E-state index is 0.967. The zero-order valence-electron chi connectivity index (χ0n) is 16.8. The average Bonchev–Trinajstić information content (AvgIpc) is 3.02. The maximum absolute atomic E-state index is 5.49. The Morgan fingerprint density at radius 1 is 0.962 bits per heavy atom. The van der Waals surface area contributed by atoms with Crippen LogP contribution < -0.4 is 4.74 Å². The van der Waals surface area contributed by atoms with Gasteiger partial charge in [0.05, 0.1) is 7.11 Å². The van der Waals surface area contributed by atoms with E-state index in [1.807, 2.05) is 0 Å². The van der Waals surface area contributed by atoms with Crippen LogP contribution in [0.3, 0.4) is 0 Å². The zero-order valence-corrected chi connectivity index (χ0v) is 16.8. The summed E-state index contributed by atoms with van der Waals surface area (Å²) in [6.45, 7) is 6.98. The number of piperidine rings is 1. The Balaban J connectivity index is 1.70. The van der Waals surface area contributed by atoms with Crippen molar-refractivity contribution in [3.05, 3.63) is 30.0 Å². The fraction of sp³-hybridized carbons (Fsp3) is 0.652. The summed E-state index contributed by atoms with van der Waals surface area (Å²) >= 11 is 0. The van der Waals surface area contributed by atoms with Crippen molar-refractivity contribution in [1.29, 1.82) is 0 Å². The van der Waals surface area contributed by atoms with E-state index in [1.165, 1.54) is 87.3 Å². The topological polar surface area (TPSA) is 17.4 Å². The molecule has 1 aliphatic rings. The molecule has 0 radical (unpaired) electrons. The Hall–Kier alpha value is -1.48. The van der Waals surface area contributed by atoms with E-state index in [9.17, 15) is 0 Å². The third kappa shape index (κ3) is 5.03. The van der Waals surface area contributed by atoms with Crippen LogP contribution in [0.4, 0.5) is 0 Å². The molecule has 1 aromatic heterocycles. The number of rotatable bonds is 10. The van der Waals surface area contributed by atoms with Crippen molar-refractivity contribution >= 4 is 10.9 Å². The summed E-state index contributed by atoms with van der Waals surface area (Å²) in [5.74, 6) is 0.967. The summed E-state index contributed by atoms with van der Waals surface area (Å²) in [4.78, 5) is 2.62. The van der Waals surface area contributed by atoms with E-state index >= 15 is 0 Å². The van der Waals surface area contributed by atoms with E-state index < -0.39 is 0 Å². The number of methoxy groups -OCH3 is 1. The smallest absolute Gasteiger partial charge is 0.119 e. The maximum Gasteiger partial charge on any atom is 0.119 e. The lowest BCUT2D eigenvalue weighted by atomic mass is 10.1. The van der Waals surface area contributed by atoms with Crippen molar-refractivity contribution in [3.8, 4) is 5.75 Å². The molecule has 1 aliphatic heterocycles. The molecule has 3 rings (SSSR count). The molecule has 2 heterocycles. The predicted molar refractivity (Wildman–Crippen MR) is 111 cm³/mol. The van der Waals surface area contributed by atoms with E-state index in [4.69, 9.17) is 4.74 Å². The van der Waals surface area contributed by atoms with Gasteiger partial charge in [-0.1, -0.05) is 45.4 Å². The number of fused-ring (bicyclic) bond motifs is 1. The molecule has 0 N–H and O–H groups in total. The predicted octanol–water partition coefficient (Wildman–Crippen LogP) is 6.00. The van der Waals surface area contributed by atoms with Crippen molar-refractivity contribution in [1.82, 2.24) is 9.47 Å². The van der Waals surface area contributed by atoms with Crippen LogP contribution in [0.2, 0.25) is 0 Å². The first-order valence-corrected chi connectivity index (χ1v) is 10.7. The van der Waals surface area contributed by atoms with E-state index in [0.29, 0.717) is 0 Å². The van der Waals surface area contributed by atoms with Gasteiger partial charge in [-0.2, -0.15) is 0 Å². The molecular formula is C23H36N2O. The van der Waals surface area contributed by atoms with E-state index in [0.717, 1.165) is 18.8 Å². The van der Waals surface area contributed by atoms with Crippen molar-refractivity contribution in [3.63, 3.8) is 0 Å². The second-order valence-electron chi connectivity index (χ2n) is 7.84. The van der Waals surface area contributed by atoms with Gasteiger partial charge in [-0.05, 0) is 56.1 Å². The minimum Gasteiger partial charge on any atom is -0.497 e. The highest BCUT2D eigenvalue weighted by Crippen LogP contribution is 2.28. The van der Waals surface area contributed by atoms with Crippen LogP contribution in [0.1, 0.15) is 70.3 Å². The highest BCUT2D eigenvalue weighted by molar-refractivity contribution is 5.85. The Labute approximate surface area is 159 Å². The van der Waals surface area contributed by atoms with Crippen LogP contribution in [0.5, 0.6) is 5.75 Å². The number of hydrogen-bond donors (Lipinski definition) is 0. The normalized spacial score (nSPS) is 15.6. The standard InChI is InChI=1S/C23H36N2O/c1-3-4-5-6-7-11-16-25-19-20(18-24-14-9-8-10-15-24)22-17-21(26-2)12-13-23(22)25/h12-13,17,19H,3-11,14-16,18H2,1-2H3. The first-order chi connectivity index (χ1) is 12.8. The lowest BCUT2D eigenvalue weighted by molar-refractivity contribution is 0.221. The van der Waals surface area contributed by atoms with Crippen molar-refractivity contribution in [2.24, 2.45) is 0 Å². The van der Waals surface area contributed by atoms with Gasteiger partial charge in [0.15, 0.2) is 0 Å². The molecule has 0 spiro atoms. The molecule has 0 unspecified atom stereocenters. The summed E-state index contributed by atoms with van der Waals surface area (Å²) in [5.41, 5.74) is 2.83. The molecule has 26 heavy (non-hydrogen) atoms. The quantitative estimate of drug-likeness (QED) is 0.486. The second-order valence-corrected chi connectivity index (χ2v) is 7.84. The third-order valence-electron chi connectivity index (χ3n) is 5.77. The van der Waals surface area contributed by atoms with Gasteiger partial charge in [0, 0.05) is 30.2 Å². The summed E-state index contributed by atoms with van der Waals surface area (Å²) in [6.07, 6.45) is 14.6. The molecule has 3 heteroatoms. The number of nitrogens with zero attached hydrogens (tertiary/aromatic N) is 2. The van der Waals surface area contributed by atoms with Crippen LogP contribution in [-0.2, 0) is 13.1 Å². The number of hydrogen-bond acceptors (Lipinski definition) is 2. The fourth-order valence-electron chi connectivity index (χ4n) is 4.21. The zero-order chi connectivity index (χ0) is 18.2. The van der Waals surface area contributed by atoms with Gasteiger partial charge in [0.25, 0.3) is 0 Å². The van der Waals surface area contributed by atoms with E-state index in [1.54, 1.807) is 7.11 Å². The Bertz CT molecular complexity index is 670. The van der Waals surface area contributed by atoms with Crippen LogP contribution in [0.15, 0.2) is 24.4 Å². The first kappa shape index (κ1) is 19.3. The Morgan fingerprint density at radius 2 is 1.73 bits per heavy atom. The monoisotopic (exact) mass is 356 g/mol. The van der Waals surface area contributed by atoms with Gasteiger partial charge in [0.1, 0.15) is 5.75 Å². The molecule has 1 saturated heterocycles. The van der Waals surface area contributed by atoms with Crippen molar-refractivity contribution in [2.45, 2.75) is 77.8 Å². The summed E-state index contributed by atoms with van der Waals surface area (Å²) in [7, 11) is 1.76. The molecule has 3 nitrogen and oxygen atoms in total. The van der Waals surface area contributed by atoms with Gasteiger partial charge in [-0.15, -0.1) is 0 Å². The molecule has 0 aliphatic carbocycles. The third-order valence-corrected chi connectivity index (χ3v) is 5.77. The molecule has 0 amide bonds. The number of likely N-dealkylation sites (tertiary alicyclic amines) is 1. The molecule has 0 atom stereocenters. The highest BCUT2D eigenvalue weighted by Gasteiger charge is 2.15. The largest absolute Gasteiger partial charge is 0.497 e. The molecule has 2 aromatic rings. The number of ether oxygens (including phenoxy) is 1. The Kier molecular flexibility index (Phi) is 7.43. The number of unbranched alkanes of at least 4 members (excludes halogenated alkanes) is 5. The van der Waals surface area contributed by atoms with E-state index in [2.05, 4.69) is 40.8 Å². The SMILES string of the molecule is CCCCCCCCn1cc(CN2CCCCC2)c2cc(OC)ccc21. The number of aryl methyl sites for hydroxylation is 1. The van der Waals surface area contributed by atoms with Gasteiger partial charge < -0.3 is 9.30 Å². The van der Waals surface area contributed by atoms with Crippen molar-refractivity contribution < 1.29 is 4.74 Å². The van der Waals surface area contributed by atoms with Crippen LogP contribution in [0, 0.1) is 0 Å². The average molecular weight is 357 g/mol. The minimum absolute atomic E-state index is 0.967. The van der Waals surface area contributed by atoms with Crippen LogP contribution >= 0.6 is 0 Å². The molecule has 0 saturated carbocycles. The highest BCUT2D eigenvalue weighted by atomic mass is 16.5. The van der Waals surface area contributed by atoms with Gasteiger partial charge in [-0.3, -0.25) is 4.90 Å². The van der Waals surface area contributed by atoms with Crippen LogP contribution in [-0.4, -0.2) is 29.7 Å². The maximum atomic E-state index is 5.49. The first-order valence-electron chi connectivity index (χ1n) is 10.7. The lowest BCUT2D eigenvalue weighted by Gasteiger charge is -2.26. The molecular weight excluding hydrogens is 320 g/mol. The molecule has 144 valence electrons. The van der Waals surface area contributed by atoms with Gasteiger partial charge >= 0.3 is 0 Å². The van der Waals surface area contributed by atoms with Gasteiger partial charge in [0.2, 0.25) is 0 Å². The Morgan fingerprint density at radius 3 is 2.50 bits per heavy atom. The fourth-order valence-corrected chi connectivity index (χ4v) is 4.21. The molecule has 1 aromatic carbocycles. The van der Waals surface area contributed by atoms with Crippen molar-refractivity contribution in [2.75, 3.05) is 20.2 Å². The number of aromatic nitrogens is 1. The summed E-state index contributed by atoms with van der Waals surface area (Å²) in [6, 6.07) is 6.57. The van der Waals surface area contributed by atoms with Crippen LogP contribution in [0.25, 0.3) is 10.9 Å².